The number of esters is 1. The van der Waals surface area contributed by atoms with Gasteiger partial charge in [-0.3, -0.25) is 4.79 Å². The summed E-state index contributed by atoms with van der Waals surface area (Å²) in [5.74, 6) is -0.603. The van der Waals surface area contributed by atoms with Gasteiger partial charge in [-0.2, -0.15) is 0 Å². The quantitative estimate of drug-likeness (QED) is 0.880. The number of nitrogens with zero attached hydrogens (tertiary/aromatic N) is 1. The van der Waals surface area contributed by atoms with Crippen LogP contribution in [0.2, 0.25) is 0 Å². The zero-order valence-electron chi connectivity index (χ0n) is 12.4. The molecule has 1 aromatic carbocycles. The van der Waals surface area contributed by atoms with Gasteiger partial charge in [0.15, 0.2) is 0 Å². The lowest BCUT2D eigenvalue weighted by molar-refractivity contribution is 0.00948. The Labute approximate surface area is 127 Å². The number of aliphatic hydroxyl groups excluding tert-OH is 1. The van der Waals surface area contributed by atoms with Crippen LogP contribution in [0.3, 0.4) is 0 Å². The van der Waals surface area contributed by atoms with Crippen molar-refractivity contribution in [1.82, 2.24) is 4.57 Å². The lowest BCUT2D eigenvalue weighted by Crippen LogP contribution is -2.27. The van der Waals surface area contributed by atoms with Crippen molar-refractivity contribution < 1.29 is 14.6 Å². The number of ether oxygens (including phenoxy) is 1. The van der Waals surface area contributed by atoms with Gasteiger partial charge in [0.05, 0.1) is 12.6 Å². The van der Waals surface area contributed by atoms with Gasteiger partial charge in [0.2, 0.25) is 0 Å². The van der Waals surface area contributed by atoms with Crippen LogP contribution < -0.4 is 5.56 Å². The number of hydrogen-bond acceptors (Lipinski definition) is 4. The number of aromatic nitrogens is 1. The molecule has 1 aliphatic rings. The predicted molar refractivity (Wildman–Crippen MR) is 80.5 cm³/mol. The monoisotopic (exact) mass is 299 g/mol. The molecular weight excluding hydrogens is 282 g/mol. The summed E-state index contributed by atoms with van der Waals surface area (Å²) in [4.78, 5) is 24.4. The normalized spacial score (nSPS) is 17.0. The number of cyclic esters (lactones) is 1. The maximum atomic E-state index is 12.5. The van der Waals surface area contributed by atoms with Gasteiger partial charge >= 0.3 is 5.97 Å². The summed E-state index contributed by atoms with van der Waals surface area (Å²) in [6, 6.07) is 10.8. The van der Waals surface area contributed by atoms with E-state index in [9.17, 15) is 14.7 Å². The molecule has 0 radical (unpaired) electrons. The Balaban J connectivity index is 1.96. The standard InChI is InChI=1S/C17H17NO4/c1-17(2)12-8-9-18(15(20)14(12)16(21)22-17)10-13(19)11-6-4-3-5-7-11/h3-9,13,19H,10H2,1-2H3. The summed E-state index contributed by atoms with van der Waals surface area (Å²) < 4.78 is 6.58. The Kier molecular flexibility index (Phi) is 3.37. The van der Waals surface area contributed by atoms with Crippen LogP contribution >= 0.6 is 0 Å². The van der Waals surface area contributed by atoms with Crippen LogP contribution in [0.4, 0.5) is 0 Å². The SMILES string of the molecule is CC1(C)OC(=O)c2c1ccn(CC(O)c1ccccc1)c2=O. The van der Waals surface area contributed by atoms with E-state index in [0.29, 0.717) is 5.56 Å². The van der Waals surface area contributed by atoms with Gasteiger partial charge in [0.25, 0.3) is 5.56 Å². The number of benzene rings is 1. The summed E-state index contributed by atoms with van der Waals surface area (Å²) in [5.41, 5.74) is 0.157. The van der Waals surface area contributed by atoms with Crippen molar-refractivity contribution >= 4 is 5.97 Å². The Morgan fingerprint density at radius 1 is 1.18 bits per heavy atom. The highest BCUT2D eigenvalue weighted by Gasteiger charge is 2.40. The first-order chi connectivity index (χ1) is 10.4. The molecule has 0 saturated heterocycles. The molecule has 0 aliphatic carbocycles. The summed E-state index contributed by atoms with van der Waals surface area (Å²) in [7, 11) is 0. The molecule has 0 amide bonds. The minimum absolute atomic E-state index is 0.0627. The number of aliphatic hydroxyl groups is 1. The Hall–Kier alpha value is -2.40. The molecule has 0 bridgehead atoms. The highest BCUT2D eigenvalue weighted by Crippen LogP contribution is 2.33. The first kappa shape index (κ1) is 14.5. The van der Waals surface area contributed by atoms with E-state index in [0.717, 1.165) is 5.56 Å². The molecule has 22 heavy (non-hydrogen) atoms. The highest BCUT2D eigenvalue weighted by molar-refractivity contribution is 5.94. The van der Waals surface area contributed by atoms with Crippen molar-refractivity contribution in [2.45, 2.75) is 32.1 Å². The number of carbonyl (C=O) groups excluding carboxylic acids is 1. The predicted octanol–water partition coefficient (Wildman–Crippen LogP) is 1.99. The maximum Gasteiger partial charge on any atom is 0.345 e. The van der Waals surface area contributed by atoms with Crippen molar-refractivity contribution in [1.29, 1.82) is 0 Å². The van der Waals surface area contributed by atoms with Gasteiger partial charge < -0.3 is 14.4 Å². The van der Waals surface area contributed by atoms with Crippen LogP contribution in [0.15, 0.2) is 47.4 Å². The number of hydrogen-bond donors (Lipinski definition) is 1. The van der Waals surface area contributed by atoms with Crippen molar-refractivity contribution in [3.63, 3.8) is 0 Å². The third-order valence-corrected chi connectivity index (χ3v) is 3.92. The molecule has 5 heteroatoms. The maximum absolute atomic E-state index is 12.5. The van der Waals surface area contributed by atoms with Crippen molar-refractivity contribution in [2.75, 3.05) is 0 Å². The second-order valence-corrected chi connectivity index (χ2v) is 5.89. The van der Waals surface area contributed by atoms with E-state index < -0.39 is 23.2 Å². The molecule has 1 aromatic heterocycles. The van der Waals surface area contributed by atoms with Crippen LogP contribution in [-0.2, 0) is 16.9 Å². The van der Waals surface area contributed by atoms with Crippen LogP contribution in [0, 0.1) is 0 Å². The molecule has 2 aromatic rings. The van der Waals surface area contributed by atoms with Crippen LogP contribution in [0.1, 0.15) is 41.4 Å². The Morgan fingerprint density at radius 3 is 2.55 bits per heavy atom. The van der Waals surface area contributed by atoms with E-state index >= 15 is 0 Å². The van der Waals surface area contributed by atoms with E-state index in [1.54, 1.807) is 38.2 Å². The Morgan fingerprint density at radius 2 is 1.86 bits per heavy atom. The second-order valence-electron chi connectivity index (χ2n) is 5.89. The van der Waals surface area contributed by atoms with Gasteiger partial charge in [-0.05, 0) is 25.5 Å². The lowest BCUT2D eigenvalue weighted by Gasteiger charge is -2.18. The molecule has 1 unspecified atom stereocenters. The zero-order chi connectivity index (χ0) is 15.9. The van der Waals surface area contributed by atoms with E-state index in [1.165, 1.54) is 4.57 Å². The van der Waals surface area contributed by atoms with Crippen molar-refractivity contribution in [3.8, 4) is 0 Å². The summed E-state index contributed by atoms with van der Waals surface area (Å²) in [6.45, 7) is 3.59. The minimum atomic E-state index is -0.817. The number of carbonyl (C=O) groups is 1. The molecule has 1 atom stereocenters. The summed E-state index contributed by atoms with van der Waals surface area (Å²) in [6.07, 6.45) is 0.777. The summed E-state index contributed by atoms with van der Waals surface area (Å²) in [5, 5.41) is 10.2. The molecular formula is C17H17NO4. The zero-order valence-corrected chi connectivity index (χ0v) is 12.4. The van der Waals surface area contributed by atoms with Gasteiger partial charge in [-0.15, -0.1) is 0 Å². The highest BCUT2D eigenvalue weighted by atomic mass is 16.6. The first-order valence-corrected chi connectivity index (χ1v) is 7.10. The smallest absolute Gasteiger partial charge is 0.345 e. The third-order valence-electron chi connectivity index (χ3n) is 3.92. The second kappa shape index (κ2) is 5.10. The van der Waals surface area contributed by atoms with E-state index in [2.05, 4.69) is 0 Å². The van der Waals surface area contributed by atoms with Crippen molar-refractivity contribution in [3.05, 3.63) is 69.6 Å². The molecule has 5 nitrogen and oxygen atoms in total. The molecule has 1 aliphatic heterocycles. The number of pyridine rings is 1. The van der Waals surface area contributed by atoms with Gasteiger partial charge in [-0.25, -0.2) is 4.79 Å². The summed E-state index contributed by atoms with van der Waals surface area (Å²) >= 11 is 0. The topological polar surface area (TPSA) is 68.5 Å². The molecule has 0 spiro atoms. The van der Waals surface area contributed by atoms with E-state index in [-0.39, 0.29) is 12.1 Å². The lowest BCUT2D eigenvalue weighted by atomic mass is 9.97. The van der Waals surface area contributed by atoms with E-state index in [1.807, 2.05) is 18.2 Å². The van der Waals surface area contributed by atoms with Crippen LogP contribution in [0.25, 0.3) is 0 Å². The Bertz CT molecular complexity index is 777. The fraction of sp³-hybridized carbons (Fsp3) is 0.294. The third kappa shape index (κ3) is 2.33. The average Bonchev–Trinajstić information content (AvgIpc) is 2.72. The molecule has 1 N–H and O–H groups in total. The van der Waals surface area contributed by atoms with Gasteiger partial charge in [0, 0.05) is 11.8 Å². The van der Waals surface area contributed by atoms with Gasteiger partial charge in [0.1, 0.15) is 11.2 Å². The molecule has 0 saturated carbocycles. The number of rotatable bonds is 3. The minimum Gasteiger partial charge on any atom is -0.451 e. The van der Waals surface area contributed by atoms with Crippen LogP contribution in [0.5, 0.6) is 0 Å². The first-order valence-electron chi connectivity index (χ1n) is 7.10. The number of fused-ring (bicyclic) bond motifs is 1. The largest absolute Gasteiger partial charge is 0.451 e. The fourth-order valence-corrected chi connectivity index (χ4v) is 2.72. The van der Waals surface area contributed by atoms with Crippen molar-refractivity contribution in [2.24, 2.45) is 0 Å². The van der Waals surface area contributed by atoms with Crippen LogP contribution in [-0.4, -0.2) is 15.6 Å². The molecule has 0 fully saturated rings. The molecule has 114 valence electrons. The molecule has 3 rings (SSSR count). The average molecular weight is 299 g/mol. The molecule has 2 heterocycles. The van der Waals surface area contributed by atoms with E-state index in [4.69, 9.17) is 4.74 Å². The fourth-order valence-electron chi connectivity index (χ4n) is 2.72. The van der Waals surface area contributed by atoms with Gasteiger partial charge in [-0.1, -0.05) is 30.3 Å².